The summed E-state index contributed by atoms with van der Waals surface area (Å²) in [5.41, 5.74) is -3.96. The second kappa shape index (κ2) is 5.31. The van der Waals surface area contributed by atoms with E-state index in [-0.39, 0.29) is 22.5 Å². The van der Waals surface area contributed by atoms with E-state index >= 15 is 0 Å². The third kappa shape index (κ3) is 3.98. The summed E-state index contributed by atoms with van der Waals surface area (Å²) in [6.45, 7) is 0. The molecule has 1 aromatic carbocycles. The van der Waals surface area contributed by atoms with Crippen LogP contribution in [0.2, 0.25) is 0 Å². The zero-order valence-corrected chi connectivity index (χ0v) is 10.0. The molecule has 0 aliphatic heterocycles. The Balaban J connectivity index is 2.01. The molecule has 1 heterocycles. The zero-order valence-electron chi connectivity index (χ0n) is 9.23. The molecule has 0 saturated heterocycles. The smallest absolute Gasteiger partial charge is 0.319 e. The molecule has 0 fully saturated rings. The maximum absolute atomic E-state index is 12.1. The molecule has 0 spiro atoms. The van der Waals surface area contributed by atoms with Crippen LogP contribution >= 0.6 is 11.8 Å². The first-order chi connectivity index (χ1) is 8.94. The van der Waals surface area contributed by atoms with Gasteiger partial charge >= 0.3 is 5.51 Å². The number of aromatic nitrogens is 3. The summed E-state index contributed by atoms with van der Waals surface area (Å²) in [6, 6.07) is 5.30. The second-order valence-electron chi connectivity index (χ2n) is 3.36. The minimum Gasteiger partial charge on any atom is -0.319 e. The van der Waals surface area contributed by atoms with Gasteiger partial charge in [-0.15, -0.1) is 0 Å². The zero-order chi connectivity index (χ0) is 13.9. The Morgan fingerprint density at radius 1 is 1.26 bits per heavy atom. The van der Waals surface area contributed by atoms with E-state index < -0.39 is 11.4 Å². The highest BCUT2D eigenvalue weighted by Crippen LogP contribution is 2.36. The van der Waals surface area contributed by atoms with E-state index in [1.54, 1.807) is 0 Å². The van der Waals surface area contributed by atoms with Crippen molar-refractivity contribution in [2.24, 2.45) is 0 Å². The summed E-state index contributed by atoms with van der Waals surface area (Å²) >= 11 is -0.215. The number of nitrogens with zero attached hydrogens (tertiary/aromatic N) is 2. The molecular formula is C10H7F3N4OS. The first-order valence-electron chi connectivity index (χ1n) is 4.96. The minimum atomic E-state index is -4.33. The third-order valence-corrected chi connectivity index (χ3v) is 2.72. The molecule has 2 N–H and O–H groups in total. The van der Waals surface area contributed by atoms with Gasteiger partial charge in [0.2, 0.25) is 5.82 Å². The Bertz CT molecular complexity index is 553. The standard InChI is InChI=1S/C10H7F3N4OS/c11-10(12,13)19-7-3-1-6(2-4-7)16-9(18)8-14-5-15-17-8/h1-5H,(H,16,18)(H,14,15,17). The van der Waals surface area contributed by atoms with Gasteiger partial charge in [-0.1, -0.05) is 0 Å². The predicted octanol–water partition coefficient (Wildman–Crippen LogP) is 2.67. The van der Waals surface area contributed by atoms with Crippen LogP contribution in [0.3, 0.4) is 0 Å². The number of thioether (sulfide) groups is 1. The van der Waals surface area contributed by atoms with Crippen molar-refractivity contribution in [1.82, 2.24) is 15.2 Å². The molecule has 0 bridgehead atoms. The number of H-pyrrole nitrogens is 1. The number of carbonyl (C=O) groups excluding carboxylic acids is 1. The lowest BCUT2D eigenvalue weighted by Crippen LogP contribution is -2.13. The van der Waals surface area contributed by atoms with Crippen LogP contribution in [-0.2, 0) is 0 Å². The number of nitrogens with one attached hydrogen (secondary N) is 2. The number of hydrogen-bond acceptors (Lipinski definition) is 4. The molecule has 0 aliphatic carbocycles. The summed E-state index contributed by atoms with van der Waals surface area (Å²) in [5.74, 6) is -0.498. The van der Waals surface area contributed by atoms with Gasteiger partial charge in [0.1, 0.15) is 6.33 Å². The van der Waals surface area contributed by atoms with Crippen LogP contribution in [0.4, 0.5) is 18.9 Å². The highest BCUT2D eigenvalue weighted by molar-refractivity contribution is 8.00. The Morgan fingerprint density at radius 3 is 2.47 bits per heavy atom. The summed E-state index contributed by atoms with van der Waals surface area (Å²) in [6.07, 6.45) is 1.18. The van der Waals surface area contributed by atoms with E-state index in [1.807, 2.05) is 0 Å². The Kier molecular flexibility index (Phi) is 3.74. The lowest BCUT2D eigenvalue weighted by molar-refractivity contribution is -0.0328. The van der Waals surface area contributed by atoms with Gasteiger partial charge in [-0.3, -0.25) is 9.89 Å². The van der Waals surface area contributed by atoms with Crippen molar-refractivity contribution in [2.75, 3.05) is 5.32 Å². The molecule has 0 atom stereocenters. The molecule has 1 amide bonds. The van der Waals surface area contributed by atoms with Crippen molar-refractivity contribution in [2.45, 2.75) is 10.4 Å². The highest BCUT2D eigenvalue weighted by Gasteiger charge is 2.29. The third-order valence-electron chi connectivity index (χ3n) is 1.98. The van der Waals surface area contributed by atoms with E-state index in [2.05, 4.69) is 20.5 Å². The van der Waals surface area contributed by atoms with E-state index in [0.717, 1.165) is 0 Å². The Hall–Kier alpha value is -2.03. The fourth-order valence-corrected chi connectivity index (χ4v) is 1.78. The molecule has 100 valence electrons. The lowest BCUT2D eigenvalue weighted by Gasteiger charge is -2.07. The fourth-order valence-electron chi connectivity index (χ4n) is 1.25. The van der Waals surface area contributed by atoms with Crippen molar-refractivity contribution in [3.8, 4) is 0 Å². The molecular weight excluding hydrogens is 281 g/mol. The number of benzene rings is 1. The fraction of sp³-hybridized carbons (Fsp3) is 0.100. The molecule has 0 saturated carbocycles. The molecule has 0 aliphatic rings. The predicted molar refractivity (Wildman–Crippen MR) is 62.7 cm³/mol. The monoisotopic (exact) mass is 288 g/mol. The molecule has 0 unspecified atom stereocenters. The van der Waals surface area contributed by atoms with Crippen molar-refractivity contribution in [3.05, 3.63) is 36.4 Å². The van der Waals surface area contributed by atoms with Crippen LogP contribution in [0.25, 0.3) is 0 Å². The first-order valence-corrected chi connectivity index (χ1v) is 5.78. The van der Waals surface area contributed by atoms with Crippen LogP contribution in [0.1, 0.15) is 10.6 Å². The van der Waals surface area contributed by atoms with Gasteiger partial charge in [-0.05, 0) is 36.0 Å². The molecule has 9 heteroatoms. The molecule has 2 rings (SSSR count). The van der Waals surface area contributed by atoms with Gasteiger partial charge < -0.3 is 5.32 Å². The normalized spacial score (nSPS) is 11.3. The van der Waals surface area contributed by atoms with Gasteiger partial charge in [0.15, 0.2) is 0 Å². The van der Waals surface area contributed by atoms with E-state index in [1.165, 1.54) is 30.6 Å². The van der Waals surface area contributed by atoms with Crippen molar-refractivity contribution in [3.63, 3.8) is 0 Å². The van der Waals surface area contributed by atoms with Gasteiger partial charge in [0.05, 0.1) is 0 Å². The molecule has 5 nitrogen and oxygen atoms in total. The van der Waals surface area contributed by atoms with Crippen molar-refractivity contribution >= 4 is 23.4 Å². The summed E-state index contributed by atoms with van der Waals surface area (Å²) in [4.78, 5) is 15.3. The number of rotatable bonds is 3. The number of anilines is 1. The summed E-state index contributed by atoms with van der Waals surface area (Å²) < 4.78 is 36.3. The van der Waals surface area contributed by atoms with E-state index in [0.29, 0.717) is 5.69 Å². The summed E-state index contributed by atoms with van der Waals surface area (Å²) in [5, 5.41) is 8.36. The Morgan fingerprint density at radius 2 is 1.95 bits per heavy atom. The number of aromatic amines is 1. The quantitative estimate of drug-likeness (QED) is 0.852. The van der Waals surface area contributed by atoms with Crippen LogP contribution in [0.5, 0.6) is 0 Å². The Labute approximate surface area is 109 Å². The number of alkyl halides is 3. The number of carbonyl (C=O) groups is 1. The SMILES string of the molecule is O=C(Nc1ccc(SC(F)(F)F)cc1)c1ncn[nH]1. The average molecular weight is 288 g/mol. The molecule has 0 radical (unpaired) electrons. The maximum Gasteiger partial charge on any atom is 0.446 e. The van der Waals surface area contributed by atoms with E-state index in [4.69, 9.17) is 0 Å². The average Bonchev–Trinajstić information content (AvgIpc) is 2.83. The lowest BCUT2D eigenvalue weighted by atomic mass is 10.3. The van der Waals surface area contributed by atoms with Crippen molar-refractivity contribution < 1.29 is 18.0 Å². The number of amides is 1. The summed E-state index contributed by atoms with van der Waals surface area (Å²) in [7, 11) is 0. The number of hydrogen-bond donors (Lipinski definition) is 2. The van der Waals surface area contributed by atoms with Gasteiger partial charge in [-0.2, -0.15) is 18.3 Å². The molecule has 19 heavy (non-hydrogen) atoms. The van der Waals surface area contributed by atoms with Gasteiger partial charge in [0.25, 0.3) is 5.91 Å². The van der Waals surface area contributed by atoms with Gasteiger partial charge in [-0.25, -0.2) is 4.98 Å². The van der Waals surface area contributed by atoms with Gasteiger partial charge in [0, 0.05) is 10.6 Å². The molecule has 1 aromatic heterocycles. The van der Waals surface area contributed by atoms with Crippen molar-refractivity contribution in [1.29, 1.82) is 0 Å². The molecule has 2 aromatic rings. The van der Waals surface area contributed by atoms with Crippen LogP contribution in [0.15, 0.2) is 35.5 Å². The minimum absolute atomic E-state index is 0.0220. The van der Waals surface area contributed by atoms with E-state index in [9.17, 15) is 18.0 Å². The van der Waals surface area contributed by atoms with Crippen LogP contribution < -0.4 is 5.32 Å². The first kappa shape index (κ1) is 13.4. The van der Waals surface area contributed by atoms with Crippen LogP contribution in [0, 0.1) is 0 Å². The largest absolute Gasteiger partial charge is 0.446 e. The van der Waals surface area contributed by atoms with Crippen LogP contribution in [-0.4, -0.2) is 26.6 Å². The maximum atomic E-state index is 12.1. The topological polar surface area (TPSA) is 70.7 Å². The second-order valence-corrected chi connectivity index (χ2v) is 4.50. The highest BCUT2D eigenvalue weighted by atomic mass is 32.2. The number of halogens is 3.